The number of hydrogen-bond acceptors (Lipinski definition) is 4. The van der Waals surface area contributed by atoms with Gasteiger partial charge in [-0.05, 0) is 13.3 Å². The van der Waals surface area contributed by atoms with E-state index in [0.29, 0.717) is 5.92 Å². The minimum atomic E-state index is -0.0774. The molecule has 0 radical (unpaired) electrons. The van der Waals surface area contributed by atoms with E-state index in [1.54, 1.807) is 0 Å². The standard InChI is InChI=1S/C11H21N3O2/c1-8-9(2-5-16-8)6-14-11(15)10-7-12-3-4-13-10/h8-10,12-13H,2-7H2,1H3,(H,14,15). The van der Waals surface area contributed by atoms with Crippen LogP contribution in [0.1, 0.15) is 13.3 Å². The largest absolute Gasteiger partial charge is 0.378 e. The second-order valence-electron chi connectivity index (χ2n) is 4.58. The van der Waals surface area contributed by atoms with E-state index in [2.05, 4.69) is 22.9 Å². The van der Waals surface area contributed by atoms with Crippen molar-refractivity contribution in [1.29, 1.82) is 0 Å². The third-order valence-electron chi connectivity index (χ3n) is 3.43. The molecule has 0 aliphatic carbocycles. The van der Waals surface area contributed by atoms with Gasteiger partial charge in [-0.25, -0.2) is 0 Å². The Bertz CT molecular complexity index is 241. The van der Waals surface area contributed by atoms with Crippen molar-refractivity contribution in [3.63, 3.8) is 0 Å². The molecule has 3 N–H and O–H groups in total. The number of piperazine rings is 1. The topological polar surface area (TPSA) is 62.4 Å². The summed E-state index contributed by atoms with van der Waals surface area (Å²) < 4.78 is 5.46. The maximum Gasteiger partial charge on any atom is 0.238 e. The van der Waals surface area contributed by atoms with Gasteiger partial charge in [-0.3, -0.25) is 4.79 Å². The molecule has 3 unspecified atom stereocenters. The predicted molar refractivity (Wildman–Crippen MR) is 61.2 cm³/mol. The first-order chi connectivity index (χ1) is 7.77. The van der Waals surface area contributed by atoms with Crippen molar-refractivity contribution in [3.8, 4) is 0 Å². The molecule has 16 heavy (non-hydrogen) atoms. The minimum absolute atomic E-state index is 0.0774. The molecule has 0 aromatic rings. The summed E-state index contributed by atoms with van der Waals surface area (Å²) in [5.41, 5.74) is 0. The maximum atomic E-state index is 11.8. The molecule has 0 aromatic heterocycles. The molecular formula is C11H21N3O2. The highest BCUT2D eigenvalue weighted by molar-refractivity contribution is 5.82. The fourth-order valence-corrected chi connectivity index (χ4v) is 2.24. The summed E-state index contributed by atoms with van der Waals surface area (Å²) in [6.45, 7) is 6.16. The smallest absolute Gasteiger partial charge is 0.238 e. The predicted octanol–water partition coefficient (Wildman–Crippen LogP) is -0.911. The van der Waals surface area contributed by atoms with Crippen molar-refractivity contribution in [2.75, 3.05) is 32.8 Å². The Labute approximate surface area is 96.3 Å². The average molecular weight is 227 g/mol. The lowest BCUT2D eigenvalue weighted by atomic mass is 10.0. The Hall–Kier alpha value is -0.650. The van der Waals surface area contributed by atoms with Crippen LogP contribution in [-0.4, -0.2) is 50.8 Å². The lowest BCUT2D eigenvalue weighted by Gasteiger charge is -2.24. The molecular weight excluding hydrogens is 206 g/mol. The normalized spacial score (nSPS) is 34.9. The van der Waals surface area contributed by atoms with E-state index in [9.17, 15) is 4.79 Å². The zero-order valence-electron chi connectivity index (χ0n) is 9.79. The van der Waals surface area contributed by atoms with Crippen molar-refractivity contribution < 1.29 is 9.53 Å². The van der Waals surface area contributed by atoms with Gasteiger partial charge in [0.2, 0.25) is 5.91 Å². The Morgan fingerprint density at radius 1 is 1.50 bits per heavy atom. The van der Waals surface area contributed by atoms with Crippen LogP contribution in [0.3, 0.4) is 0 Å². The highest BCUT2D eigenvalue weighted by Crippen LogP contribution is 2.19. The second-order valence-corrected chi connectivity index (χ2v) is 4.58. The molecule has 0 saturated carbocycles. The molecule has 0 aromatic carbocycles. The van der Waals surface area contributed by atoms with Crippen LogP contribution in [0.25, 0.3) is 0 Å². The molecule has 2 aliphatic heterocycles. The van der Waals surface area contributed by atoms with Crippen LogP contribution < -0.4 is 16.0 Å². The first-order valence-electron chi connectivity index (χ1n) is 6.11. The summed E-state index contributed by atoms with van der Waals surface area (Å²) in [5.74, 6) is 0.576. The summed E-state index contributed by atoms with van der Waals surface area (Å²) in [6.07, 6.45) is 1.33. The molecule has 2 heterocycles. The summed E-state index contributed by atoms with van der Waals surface area (Å²) in [4.78, 5) is 11.8. The summed E-state index contributed by atoms with van der Waals surface area (Å²) >= 11 is 0. The molecule has 5 heteroatoms. The van der Waals surface area contributed by atoms with E-state index in [1.165, 1.54) is 0 Å². The summed E-state index contributed by atoms with van der Waals surface area (Å²) in [5, 5.41) is 9.41. The third-order valence-corrected chi connectivity index (χ3v) is 3.43. The van der Waals surface area contributed by atoms with Gasteiger partial charge in [0.05, 0.1) is 12.1 Å². The lowest BCUT2D eigenvalue weighted by Crippen LogP contribution is -2.56. The van der Waals surface area contributed by atoms with Crippen LogP contribution in [0.15, 0.2) is 0 Å². The van der Waals surface area contributed by atoms with Crippen molar-refractivity contribution in [2.24, 2.45) is 5.92 Å². The van der Waals surface area contributed by atoms with Gasteiger partial charge >= 0.3 is 0 Å². The maximum absolute atomic E-state index is 11.8. The number of amides is 1. The Kier molecular flexibility index (Phi) is 4.15. The summed E-state index contributed by atoms with van der Waals surface area (Å²) in [6, 6.07) is -0.0774. The number of carbonyl (C=O) groups is 1. The van der Waals surface area contributed by atoms with Crippen molar-refractivity contribution in [3.05, 3.63) is 0 Å². The molecule has 5 nitrogen and oxygen atoms in total. The van der Waals surface area contributed by atoms with Crippen LogP contribution in [0, 0.1) is 5.92 Å². The summed E-state index contributed by atoms with van der Waals surface area (Å²) in [7, 11) is 0. The van der Waals surface area contributed by atoms with Gasteiger partial charge in [0.15, 0.2) is 0 Å². The highest BCUT2D eigenvalue weighted by Gasteiger charge is 2.26. The van der Waals surface area contributed by atoms with Gasteiger partial charge in [-0.1, -0.05) is 0 Å². The monoisotopic (exact) mass is 227 g/mol. The van der Waals surface area contributed by atoms with Gasteiger partial charge in [-0.15, -0.1) is 0 Å². The first kappa shape index (κ1) is 11.8. The number of nitrogens with one attached hydrogen (secondary N) is 3. The third kappa shape index (κ3) is 2.93. The molecule has 92 valence electrons. The fourth-order valence-electron chi connectivity index (χ4n) is 2.24. The van der Waals surface area contributed by atoms with E-state index >= 15 is 0 Å². The van der Waals surface area contributed by atoms with E-state index in [0.717, 1.165) is 39.2 Å². The molecule has 1 amide bonds. The lowest BCUT2D eigenvalue weighted by molar-refractivity contribution is -0.123. The minimum Gasteiger partial charge on any atom is -0.378 e. The number of ether oxygens (including phenoxy) is 1. The molecule has 0 spiro atoms. The van der Waals surface area contributed by atoms with E-state index in [1.807, 2.05) is 0 Å². The Balaban J connectivity index is 1.70. The van der Waals surface area contributed by atoms with Gasteiger partial charge < -0.3 is 20.7 Å². The molecule has 2 aliphatic rings. The zero-order valence-corrected chi connectivity index (χ0v) is 9.79. The van der Waals surface area contributed by atoms with E-state index in [4.69, 9.17) is 4.74 Å². The zero-order chi connectivity index (χ0) is 11.4. The molecule has 2 fully saturated rings. The average Bonchev–Trinajstić information content (AvgIpc) is 2.73. The van der Waals surface area contributed by atoms with Crippen LogP contribution in [0.5, 0.6) is 0 Å². The van der Waals surface area contributed by atoms with Gasteiger partial charge in [0, 0.05) is 38.7 Å². The molecule has 2 rings (SSSR count). The van der Waals surface area contributed by atoms with Gasteiger partial charge in [-0.2, -0.15) is 0 Å². The SMILES string of the molecule is CC1OCCC1CNC(=O)C1CNCCN1. The second kappa shape index (κ2) is 5.61. The quantitative estimate of drug-likeness (QED) is 0.584. The first-order valence-corrected chi connectivity index (χ1v) is 6.11. The fraction of sp³-hybridized carbons (Fsp3) is 0.909. The molecule has 0 bridgehead atoms. The Morgan fingerprint density at radius 2 is 2.38 bits per heavy atom. The van der Waals surface area contributed by atoms with Crippen molar-refractivity contribution in [2.45, 2.75) is 25.5 Å². The van der Waals surface area contributed by atoms with Crippen LogP contribution in [-0.2, 0) is 9.53 Å². The number of carbonyl (C=O) groups excluding carboxylic acids is 1. The van der Waals surface area contributed by atoms with Crippen LogP contribution in [0.2, 0.25) is 0 Å². The highest BCUT2D eigenvalue weighted by atomic mass is 16.5. The van der Waals surface area contributed by atoms with Gasteiger partial charge in [0.25, 0.3) is 0 Å². The van der Waals surface area contributed by atoms with Crippen LogP contribution in [0.4, 0.5) is 0 Å². The van der Waals surface area contributed by atoms with E-state index < -0.39 is 0 Å². The number of hydrogen-bond donors (Lipinski definition) is 3. The van der Waals surface area contributed by atoms with E-state index in [-0.39, 0.29) is 18.1 Å². The molecule has 2 saturated heterocycles. The van der Waals surface area contributed by atoms with Crippen LogP contribution >= 0.6 is 0 Å². The van der Waals surface area contributed by atoms with Crippen molar-refractivity contribution >= 4 is 5.91 Å². The Morgan fingerprint density at radius 3 is 3.00 bits per heavy atom. The number of rotatable bonds is 3. The van der Waals surface area contributed by atoms with Crippen molar-refractivity contribution in [1.82, 2.24) is 16.0 Å². The van der Waals surface area contributed by atoms with Gasteiger partial charge in [0.1, 0.15) is 0 Å². The molecule has 3 atom stereocenters.